The Morgan fingerprint density at radius 2 is 1.39 bits per heavy atom. The molecule has 2 aromatic carbocycles. The highest BCUT2D eigenvalue weighted by Gasteiger charge is 2.23. The van der Waals surface area contributed by atoms with Crippen LogP contribution in [0.5, 0.6) is 11.5 Å². The van der Waals surface area contributed by atoms with Crippen LogP contribution in [-0.4, -0.2) is 69.2 Å². The molecule has 0 atom stereocenters. The summed E-state index contributed by atoms with van der Waals surface area (Å²) in [4.78, 5) is 27.6. The van der Waals surface area contributed by atoms with E-state index in [-0.39, 0.29) is 25.0 Å². The van der Waals surface area contributed by atoms with Crippen LogP contribution < -0.4 is 19.7 Å². The summed E-state index contributed by atoms with van der Waals surface area (Å²) in [5.41, 5.74) is 2.31. The average Bonchev–Trinajstić information content (AvgIpc) is 2.78. The van der Waals surface area contributed by atoms with Crippen LogP contribution in [-0.2, 0) is 9.59 Å². The lowest BCUT2D eigenvalue weighted by Gasteiger charge is -2.32. The van der Waals surface area contributed by atoms with Gasteiger partial charge in [0.05, 0.1) is 39.3 Å². The van der Waals surface area contributed by atoms with Crippen LogP contribution in [0.15, 0.2) is 48.5 Å². The maximum atomic E-state index is 12.4. The lowest BCUT2D eigenvalue weighted by atomic mass is 10.2. The van der Waals surface area contributed by atoms with Gasteiger partial charge in [0, 0.05) is 0 Å². The Labute approximate surface area is 183 Å². The number of aryl methyl sites for hydroxylation is 2. The lowest BCUT2D eigenvalue weighted by Crippen LogP contribution is -3.15. The van der Waals surface area contributed by atoms with Gasteiger partial charge in [-0.05, 0) is 38.1 Å². The molecule has 3 rings (SSSR count). The molecule has 1 aliphatic heterocycles. The number of carbonyl (C=O) groups is 2. The predicted molar refractivity (Wildman–Crippen MR) is 119 cm³/mol. The van der Waals surface area contributed by atoms with Gasteiger partial charge >= 0.3 is 0 Å². The fourth-order valence-electron chi connectivity index (χ4n) is 3.41. The van der Waals surface area contributed by atoms with Crippen LogP contribution in [0.4, 0.5) is 0 Å². The molecule has 1 fully saturated rings. The lowest BCUT2D eigenvalue weighted by molar-refractivity contribution is -0.902. The molecule has 1 heterocycles. The molecule has 1 aliphatic rings. The summed E-state index contributed by atoms with van der Waals surface area (Å²) in [7, 11) is 0. The Morgan fingerprint density at radius 1 is 0.871 bits per heavy atom. The third-order valence-electron chi connectivity index (χ3n) is 5.40. The summed E-state index contributed by atoms with van der Waals surface area (Å²) in [5, 5.41) is 2.90. The summed E-state index contributed by atoms with van der Waals surface area (Å²) >= 11 is 0. The molecule has 1 saturated heterocycles. The van der Waals surface area contributed by atoms with Crippen molar-refractivity contribution in [1.29, 1.82) is 0 Å². The monoisotopic (exact) mass is 426 g/mol. The number of ether oxygens (including phenoxy) is 2. The normalized spacial score (nSPS) is 14.2. The first-order valence-corrected chi connectivity index (χ1v) is 10.8. The number of hydrogen-bond acceptors (Lipinski definition) is 4. The Balaban J connectivity index is 1.27. The molecular formula is C24H32N3O4+. The van der Waals surface area contributed by atoms with Gasteiger partial charge in [0.1, 0.15) is 11.5 Å². The van der Waals surface area contributed by atoms with Gasteiger partial charge in [0.15, 0.2) is 13.2 Å². The summed E-state index contributed by atoms with van der Waals surface area (Å²) in [6.45, 7) is 8.67. The topological polar surface area (TPSA) is 72.3 Å². The van der Waals surface area contributed by atoms with Crippen LogP contribution in [0.3, 0.4) is 0 Å². The number of amides is 2. The van der Waals surface area contributed by atoms with E-state index in [1.807, 2.05) is 67.3 Å². The quantitative estimate of drug-likeness (QED) is 0.616. The fraction of sp³-hybridized carbons (Fsp3) is 0.417. The third-order valence-corrected chi connectivity index (χ3v) is 5.40. The summed E-state index contributed by atoms with van der Waals surface area (Å²) in [6, 6.07) is 15.3. The van der Waals surface area contributed by atoms with E-state index in [2.05, 4.69) is 5.32 Å². The van der Waals surface area contributed by atoms with Gasteiger partial charge in [0.2, 0.25) is 0 Å². The van der Waals surface area contributed by atoms with Crippen LogP contribution in [0.1, 0.15) is 11.1 Å². The zero-order chi connectivity index (χ0) is 22.1. The van der Waals surface area contributed by atoms with E-state index in [4.69, 9.17) is 9.47 Å². The first kappa shape index (κ1) is 22.6. The standard InChI is InChI=1S/C24H31N3O4/c1-19-3-7-21(8-4-19)30-17-23(28)25-11-12-26-13-15-27(16-14-26)24(29)18-31-22-9-5-20(2)6-10-22/h3-10H,11-18H2,1-2H3,(H,25,28)/p+1. The molecule has 0 bridgehead atoms. The Morgan fingerprint density at radius 3 is 1.94 bits per heavy atom. The Bertz CT molecular complexity index is 841. The van der Waals surface area contributed by atoms with Crippen molar-refractivity contribution in [2.45, 2.75) is 13.8 Å². The molecule has 7 heteroatoms. The number of carbonyl (C=O) groups excluding carboxylic acids is 2. The van der Waals surface area contributed by atoms with Crippen LogP contribution in [0.25, 0.3) is 0 Å². The first-order chi connectivity index (χ1) is 15.0. The second kappa shape index (κ2) is 11.4. The molecule has 0 unspecified atom stereocenters. The van der Waals surface area contributed by atoms with Gasteiger partial charge in [0.25, 0.3) is 11.8 Å². The number of piperazine rings is 1. The SMILES string of the molecule is Cc1ccc(OCC(=O)NCC[NH+]2CCN(C(=O)COc3ccc(C)cc3)CC2)cc1. The molecule has 0 aromatic heterocycles. The minimum absolute atomic E-state index is 0.0150. The van der Waals surface area contributed by atoms with E-state index in [9.17, 15) is 9.59 Å². The predicted octanol–water partition coefficient (Wildman–Crippen LogP) is 0.605. The van der Waals surface area contributed by atoms with Gasteiger partial charge in [-0.2, -0.15) is 0 Å². The molecule has 0 saturated carbocycles. The van der Waals surface area contributed by atoms with Gasteiger partial charge in [-0.1, -0.05) is 35.4 Å². The van der Waals surface area contributed by atoms with Crippen LogP contribution >= 0.6 is 0 Å². The van der Waals surface area contributed by atoms with Gasteiger partial charge < -0.3 is 24.6 Å². The van der Waals surface area contributed by atoms with E-state index in [0.717, 1.165) is 30.8 Å². The second-order valence-corrected chi connectivity index (χ2v) is 7.93. The van der Waals surface area contributed by atoms with Crippen molar-refractivity contribution in [2.75, 3.05) is 52.5 Å². The molecular weight excluding hydrogens is 394 g/mol. The highest BCUT2D eigenvalue weighted by atomic mass is 16.5. The molecule has 0 spiro atoms. The fourth-order valence-corrected chi connectivity index (χ4v) is 3.41. The van der Waals surface area contributed by atoms with E-state index >= 15 is 0 Å². The molecule has 31 heavy (non-hydrogen) atoms. The number of quaternary nitrogens is 1. The number of rotatable bonds is 9. The first-order valence-electron chi connectivity index (χ1n) is 10.8. The molecule has 0 aliphatic carbocycles. The Kier molecular flexibility index (Phi) is 8.29. The van der Waals surface area contributed by atoms with Crippen molar-refractivity contribution in [3.63, 3.8) is 0 Å². The van der Waals surface area contributed by atoms with Crippen LogP contribution in [0, 0.1) is 13.8 Å². The van der Waals surface area contributed by atoms with Gasteiger partial charge in [-0.15, -0.1) is 0 Å². The van der Waals surface area contributed by atoms with Crippen molar-refractivity contribution >= 4 is 11.8 Å². The average molecular weight is 427 g/mol. The van der Waals surface area contributed by atoms with E-state index in [0.29, 0.717) is 31.1 Å². The van der Waals surface area contributed by atoms with Crippen LogP contribution in [0.2, 0.25) is 0 Å². The summed E-state index contributed by atoms with van der Waals surface area (Å²) in [6.07, 6.45) is 0. The van der Waals surface area contributed by atoms with E-state index < -0.39 is 0 Å². The van der Waals surface area contributed by atoms with Crippen molar-refractivity contribution < 1.29 is 24.0 Å². The minimum Gasteiger partial charge on any atom is -0.484 e. The molecule has 2 aromatic rings. The highest BCUT2D eigenvalue weighted by molar-refractivity contribution is 5.78. The maximum absolute atomic E-state index is 12.4. The minimum atomic E-state index is -0.123. The van der Waals surface area contributed by atoms with Crippen molar-refractivity contribution in [3.8, 4) is 11.5 Å². The van der Waals surface area contributed by atoms with E-state index in [1.54, 1.807) is 0 Å². The molecule has 0 radical (unpaired) electrons. The molecule has 166 valence electrons. The van der Waals surface area contributed by atoms with Crippen molar-refractivity contribution in [3.05, 3.63) is 59.7 Å². The van der Waals surface area contributed by atoms with Gasteiger partial charge in [-0.25, -0.2) is 0 Å². The maximum Gasteiger partial charge on any atom is 0.260 e. The molecule has 2 N–H and O–H groups in total. The second-order valence-electron chi connectivity index (χ2n) is 7.93. The van der Waals surface area contributed by atoms with Crippen molar-refractivity contribution in [2.24, 2.45) is 0 Å². The smallest absolute Gasteiger partial charge is 0.260 e. The van der Waals surface area contributed by atoms with Gasteiger partial charge in [-0.3, -0.25) is 9.59 Å². The molecule has 2 amide bonds. The zero-order valence-electron chi connectivity index (χ0n) is 18.4. The zero-order valence-corrected chi connectivity index (χ0v) is 18.4. The number of benzene rings is 2. The number of nitrogens with zero attached hydrogens (tertiary/aromatic N) is 1. The number of hydrogen-bond donors (Lipinski definition) is 2. The summed E-state index contributed by atoms with van der Waals surface area (Å²) < 4.78 is 11.1. The Hall–Kier alpha value is -3.06. The van der Waals surface area contributed by atoms with E-state index in [1.165, 1.54) is 4.90 Å². The highest BCUT2D eigenvalue weighted by Crippen LogP contribution is 2.12. The largest absolute Gasteiger partial charge is 0.484 e. The summed E-state index contributed by atoms with van der Waals surface area (Å²) in [5.74, 6) is 1.30. The van der Waals surface area contributed by atoms with Crippen molar-refractivity contribution in [1.82, 2.24) is 10.2 Å². The number of nitrogens with one attached hydrogen (secondary N) is 2. The third kappa shape index (κ3) is 7.61. The molecule has 7 nitrogen and oxygen atoms in total.